The maximum Gasteiger partial charge on any atom is 0.426 e. The van der Waals surface area contributed by atoms with Crippen molar-refractivity contribution >= 4 is 23.7 Å². The Labute approximate surface area is 243 Å². The van der Waals surface area contributed by atoms with Crippen molar-refractivity contribution in [1.29, 1.82) is 0 Å². The predicted molar refractivity (Wildman–Crippen MR) is 157 cm³/mol. The zero-order valence-corrected chi connectivity index (χ0v) is 23.6. The Morgan fingerprint density at radius 2 is 1.40 bits per heavy atom. The first-order valence-electron chi connectivity index (χ1n) is 13.6. The highest BCUT2D eigenvalue weighted by Crippen LogP contribution is 2.44. The Morgan fingerprint density at radius 1 is 0.810 bits per heavy atom. The Hall–Kier alpha value is -4.98. The number of fused-ring (bicyclic) bond motifs is 3. The third-order valence-electron chi connectivity index (χ3n) is 6.82. The van der Waals surface area contributed by atoms with Gasteiger partial charge in [0.2, 0.25) is 5.91 Å². The lowest BCUT2D eigenvalue weighted by Crippen LogP contribution is -2.49. The molecule has 0 saturated heterocycles. The molecule has 0 spiro atoms. The molecule has 1 N–H and O–H groups in total. The van der Waals surface area contributed by atoms with Crippen molar-refractivity contribution in [2.45, 2.75) is 38.7 Å². The van der Waals surface area contributed by atoms with Gasteiger partial charge in [-0.05, 0) is 60.7 Å². The summed E-state index contributed by atoms with van der Waals surface area (Å²) < 4.78 is 26.5. The average molecular weight is 567 g/mol. The highest BCUT2D eigenvalue weighted by molar-refractivity contribution is 6.04. The normalized spacial score (nSPS) is 12.2. The van der Waals surface area contributed by atoms with Gasteiger partial charge in [0.05, 0.1) is 12.0 Å². The second-order valence-corrected chi connectivity index (χ2v) is 11.0. The standard InChI is InChI=1S/C34H31FN2O5/c1-34(2,3)42-32(39)27-18-11-19-29(35)31(27)37(30(38)20-22-12-5-4-6-13-22)36-33(40)41-21-28-25-16-9-7-14-23(25)24-15-8-10-17-26(24)28/h4-19,28H,20-21H2,1-3H3,(H,36,40). The van der Waals surface area contributed by atoms with Crippen LogP contribution < -0.4 is 10.4 Å². The minimum atomic E-state index is -0.975. The molecule has 0 fully saturated rings. The highest BCUT2D eigenvalue weighted by Gasteiger charge is 2.32. The second kappa shape index (κ2) is 11.9. The highest BCUT2D eigenvalue weighted by atomic mass is 19.1. The van der Waals surface area contributed by atoms with Crippen LogP contribution in [0.4, 0.5) is 14.9 Å². The van der Waals surface area contributed by atoms with E-state index in [1.165, 1.54) is 12.1 Å². The Balaban J connectivity index is 1.43. The van der Waals surface area contributed by atoms with Crippen LogP contribution in [0, 0.1) is 5.82 Å². The van der Waals surface area contributed by atoms with Gasteiger partial charge in [-0.15, -0.1) is 0 Å². The fourth-order valence-electron chi connectivity index (χ4n) is 5.05. The first kappa shape index (κ1) is 28.5. The van der Waals surface area contributed by atoms with E-state index >= 15 is 4.39 Å². The Morgan fingerprint density at radius 3 is 2.02 bits per heavy atom. The monoisotopic (exact) mass is 566 g/mol. The van der Waals surface area contributed by atoms with Crippen LogP contribution in [0.2, 0.25) is 0 Å². The van der Waals surface area contributed by atoms with E-state index in [1.807, 2.05) is 48.5 Å². The van der Waals surface area contributed by atoms with E-state index in [0.717, 1.165) is 33.3 Å². The molecular formula is C34H31FN2O5. The number of nitrogens with one attached hydrogen (secondary N) is 1. The number of esters is 1. The van der Waals surface area contributed by atoms with Crippen molar-refractivity contribution in [3.05, 3.63) is 125 Å². The maximum absolute atomic E-state index is 15.4. The molecule has 0 aromatic heterocycles. The van der Waals surface area contributed by atoms with Gasteiger partial charge in [0.25, 0.3) is 0 Å². The summed E-state index contributed by atoms with van der Waals surface area (Å²) in [4.78, 5) is 39.9. The Kier molecular flexibility index (Phi) is 8.06. The van der Waals surface area contributed by atoms with E-state index in [-0.39, 0.29) is 24.5 Å². The van der Waals surface area contributed by atoms with Gasteiger partial charge in [-0.25, -0.2) is 24.4 Å². The number of carbonyl (C=O) groups is 3. The largest absolute Gasteiger partial charge is 0.456 e. The molecule has 5 rings (SSSR count). The van der Waals surface area contributed by atoms with Crippen molar-refractivity contribution in [2.24, 2.45) is 0 Å². The molecule has 7 nitrogen and oxygen atoms in total. The molecule has 4 aromatic rings. The molecule has 4 aromatic carbocycles. The molecular weight excluding hydrogens is 535 g/mol. The fraction of sp³-hybridized carbons (Fsp3) is 0.206. The predicted octanol–water partition coefficient (Wildman–Crippen LogP) is 6.81. The van der Waals surface area contributed by atoms with Crippen molar-refractivity contribution in [1.82, 2.24) is 5.43 Å². The number of amides is 2. The summed E-state index contributed by atoms with van der Waals surface area (Å²) in [5, 5.41) is 0.737. The van der Waals surface area contributed by atoms with Crippen LogP contribution in [0.5, 0.6) is 0 Å². The molecule has 0 bridgehead atoms. The first-order valence-corrected chi connectivity index (χ1v) is 13.6. The van der Waals surface area contributed by atoms with Crippen LogP contribution in [0.3, 0.4) is 0 Å². The zero-order chi connectivity index (χ0) is 29.9. The number of rotatable bonds is 6. The lowest BCUT2D eigenvalue weighted by Gasteiger charge is -2.27. The summed E-state index contributed by atoms with van der Waals surface area (Å²) in [7, 11) is 0. The summed E-state index contributed by atoms with van der Waals surface area (Å²) >= 11 is 0. The van der Waals surface area contributed by atoms with Gasteiger partial charge in [0.15, 0.2) is 0 Å². The maximum atomic E-state index is 15.4. The number of para-hydroxylation sites is 1. The number of nitrogens with zero attached hydrogens (tertiary/aromatic N) is 1. The molecule has 0 unspecified atom stereocenters. The molecule has 1 aliphatic carbocycles. The minimum absolute atomic E-state index is 0.0171. The van der Waals surface area contributed by atoms with Crippen LogP contribution in [-0.2, 0) is 20.7 Å². The quantitative estimate of drug-likeness (QED) is 0.205. The number of benzene rings is 4. The number of carbonyl (C=O) groups excluding carboxylic acids is 3. The van der Waals surface area contributed by atoms with Gasteiger partial charge < -0.3 is 9.47 Å². The molecule has 214 valence electrons. The average Bonchev–Trinajstić information content (AvgIpc) is 3.28. The third-order valence-corrected chi connectivity index (χ3v) is 6.82. The van der Waals surface area contributed by atoms with E-state index < -0.39 is 35.1 Å². The van der Waals surface area contributed by atoms with E-state index in [0.29, 0.717) is 5.56 Å². The van der Waals surface area contributed by atoms with Gasteiger partial charge >= 0.3 is 12.1 Å². The van der Waals surface area contributed by atoms with Gasteiger partial charge in [0, 0.05) is 5.92 Å². The molecule has 0 saturated carbocycles. The molecule has 0 radical (unpaired) electrons. The fourth-order valence-corrected chi connectivity index (χ4v) is 5.05. The second-order valence-electron chi connectivity index (χ2n) is 11.0. The van der Waals surface area contributed by atoms with Crippen molar-refractivity contribution in [2.75, 3.05) is 11.6 Å². The van der Waals surface area contributed by atoms with Gasteiger partial charge in [-0.1, -0.05) is 84.9 Å². The van der Waals surface area contributed by atoms with Crippen molar-refractivity contribution < 1.29 is 28.2 Å². The van der Waals surface area contributed by atoms with Crippen LogP contribution in [0.25, 0.3) is 11.1 Å². The van der Waals surface area contributed by atoms with E-state index in [4.69, 9.17) is 9.47 Å². The topological polar surface area (TPSA) is 84.9 Å². The summed E-state index contributed by atoms with van der Waals surface area (Å²) in [6.45, 7) is 5.02. The van der Waals surface area contributed by atoms with Crippen molar-refractivity contribution in [3.8, 4) is 11.1 Å². The molecule has 0 heterocycles. The summed E-state index contributed by atoms with van der Waals surface area (Å²) in [5.41, 5.74) is 5.68. The van der Waals surface area contributed by atoms with Gasteiger partial charge in [-0.2, -0.15) is 0 Å². The zero-order valence-electron chi connectivity index (χ0n) is 23.6. The lowest BCUT2D eigenvalue weighted by molar-refractivity contribution is -0.118. The number of hydrogen-bond donors (Lipinski definition) is 1. The van der Waals surface area contributed by atoms with Gasteiger partial charge in [-0.3, -0.25) is 4.79 Å². The van der Waals surface area contributed by atoms with Gasteiger partial charge in [0.1, 0.15) is 23.7 Å². The van der Waals surface area contributed by atoms with Crippen LogP contribution in [0.1, 0.15) is 53.7 Å². The number of hydrazine groups is 1. The Bertz CT molecular complexity index is 1590. The molecule has 8 heteroatoms. The van der Waals surface area contributed by atoms with Crippen molar-refractivity contribution in [3.63, 3.8) is 0 Å². The number of anilines is 1. The summed E-state index contributed by atoms with van der Waals surface area (Å²) in [6.07, 6.45) is -1.15. The third kappa shape index (κ3) is 6.17. The van der Waals surface area contributed by atoms with E-state index in [2.05, 4.69) is 5.43 Å². The van der Waals surface area contributed by atoms with Crippen LogP contribution in [-0.4, -0.2) is 30.2 Å². The molecule has 1 aliphatic rings. The molecule has 42 heavy (non-hydrogen) atoms. The van der Waals surface area contributed by atoms with Crippen LogP contribution in [0.15, 0.2) is 97.1 Å². The van der Waals surface area contributed by atoms with E-state index in [9.17, 15) is 14.4 Å². The number of hydrogen-bond acceptors (Lipinski definition) is 5. The lowest BCUT2D eigenvalue weighted by atomic mass is 9.98. The first-order chi connectivity index (χ1) is 20.1. The summed E-state index contributed by atoms with van der Waals surface area (Å²) in [5.74, 6) is -2.63. The molecule has 0 atom stereocenters. The number of ether oxygens (including phenoxy) is 2. The van der Waals surface area contributed by atoms with E-state index in [1.54, 1.807) is 51.1 Å². The molecule has 0 aliphatic heterocycles. The summed E-state index contributed by atoms with van der Waals surface area (Å²) in [6, 6.07) is 28.4. The minimum Gasteiger partial charge on any atom is -0.456 e. The smallest absolute Gasteiger partial charge is 0.426 e. The molecule has 2 amide bonds. The SMILES string of the molecule is CC(C)(C)OC(=O)c1cccc(F)c1N(NC(=O)OCC1c2ccccc2-c2ccccc21)C(=O)Cc1ccccc1. The van der Waals surface area contributed by atoms with Crippen LogP contribution >= 0.6 is 0 Å². The number of halogens is 1.